The highest BCUT2D eigenvalue weighted by Gasteiger charge is 2.08. The van der Waals surface area contributed by atoms with Crippen molar-refractivity contribution in [2.75, 3.05) is 0 Å². The summed E-state index contributed by atoms with van der Waals surface area (Å²) in [6.45, 7) is 1.88. The van der Waals surface area contributed by atoms with Crippen molar-refractivity contribution in [3.8, 4) is 6.07 Å². The molecule has 0 amide bonds. The minimum absolute atomic E-state index is 0.348. The molecule has 5 nitrogen and oxygen atoms in total. The first-order valence-corrected chi connectivity index (χ1v) is 6.05. The van der Waals surface area contributed by atoms with E-state index in [4.69, 9.17) is 9.68 Å². The summed E-state index contributed by atoms with van der Waals surface area (Å²) < 4.78 is 5.37. The van der Waals surface area contributed by atoms with Crippen LogP contribution in [0.25, 0.3) is 11.0 Å². The molecule has 0 aliphatic heterocycles. The highest BCUT2D eigenvalue weighted by Crippen LogP contribution is 2.17. The summed E-state index contributed by atoms with van der Waals surface area (Å²) in [5.41, 5.74) is 1.86. The Bertz CT molecular complexity index is 763. The van der Waals surface area contributed by atoms with E-state index in [1.807, 2.05) is 31.3 Å². The predicted octanol–water partition coefficient (Wildman–Crippen LogP) is 2.52. The SMILES string of the molecule is Cc1nc(CCc2ccc(C#N)o2)c2cc[nH]c2n1. The van der Waals surface area contributed by atoms with Crippen molar-refractivity contribution in [3.63, 3.8) is 0 Å². The molecule has 0 aliphatic rings. The molecular weight excluding hydrogens is 240 g/mol. The van der Waals surface area contributed by atoms with Crippen LogP contribution >= 0.6 is 0 Å². The minimum atomic E-state index is 0.348. The molecule has 0 unspecified atom stereocenters. The Morgan fingerprint density at radius 1 is 1.26 bits per heavy atom. The first-order valence-electron chi connectivity index (χ1n) is 6.05. The summed E-state index contributed by atoms with van der Waals surface area (Å²) in [6, 6.07) is 7.48. The second-order valence-corrected chi connectivity index (χ2v) is 4.34. The Morgan fingerprint density at radius 3 is 2.95 bits per heavy atom. The maximum atomic E-state index is 8.72. The maximum absolute atomic E-state index is 8.72. The fraction of sp³-hybridized carbons (Fsp3) is 0.214. The van der Waals surface area contributed by atoms with Gasteiger partial charge in [0.05, 0.1) is 5.69 Å². The van der Waals surface area contributed by atoms with Crippen LogP contribution in [0.3, 0.4) is 0 Å². The number of H-pyrrole nitrogens is 1. The Hall–Kier alpha value is -2.61. The molecule has 0 aromatic carbocycles. The number of furan rings is 1. The van der Waals surface area contributed by atoms with Gasteiger partial charge in [-0.3, -0.25) is 0 Å². The summed E-state index contributed by atoms with van der Waals surface area (Å²) >= 11 is 0. The van der Waals surface area contributed by atoms with E-state index in [1.54, 1.807) is 6.07 Å². The fourth-order valence-corrected chi connectivity index (χ4v) is 2.13. The molecule has 3 aromatic rings. The molecule has 0 saturated heterocycles. The normalized spacial score (nSPS) is 10.7. The number of aryl methyl sites for hydroxylation is 3. The Balaban J connectivity index is 1.85. The van der Waals surface area contributed by atoms with E-state index in [9.17, 15) is 0 Å². The van der Waals surface area contributed by atoms with E-state index in [0.29, 0.717) is 5.76 Å². The maximum Gasteiger partial charge on any atom is 0.203 e. The van der Waals surface area contributed by atoms with Crippen LogP contribution in [0.15, 0.2) is 28.8 Å². The van der Waals surface area contributed by atoms with Crippen LogP contribution in [0.2, 0.25) is 0 Å². The zero-order valence-electron chi connectivity index (χ0n) is 10.5. The van der Waals surface area contributed by atoms with Crippen LogP contribution in [0.1, 0.15) is 23.0 Å². The van der Waals surface area contributed by atoms with Crippen molar-refractivity contribution < 1.29 is 4.42 Å². The van der Waals surface area contributed by atoms with E-state index >= 15 is 0 Å². The smallest absolute Gasteiger partial charge is 0.203 e. The van der Waals surface area contributed by atoms with Crippen LogP contribution in [0, 0.1) is 18.3 Å². The van der Waals surface area contributed by atoms with Gasteiger partial charge in [-0.25, -0.2) is 9.97 Å². The summed E-state index contributed by atoms with van der Waals surface area (Å²) in [4.78, 5) is 11.9. The van der Waals surface area contributed by atoms with Crippen LogP contribution < -0.4 is 0 Å². The lowest BCUT2D eigenvalue weighted by Crippen LogP contribution is -1.98. The monoisotopic (exact) mass is 252 g/mol. The molecule has 19 heavy (non-hydrogen) atoms. The fourth-order valence-electron chi connectivity index (χ4n) is 2.13. The number of aromatic nitrogens is 3. The molecule has 5 heteroatoms. The van der Waals surface area contributed by atoms with Crippen molar-refractivity contribution in [2.24, 2.45) is 0 Å². The van der Waals surface area contributed by atoms with Crippen LogP contribution in [0.5, 0.6) is 0 Å². The van der Waals surface area contributed by atoms with E-state index in [2.05, 4.69) is 15.0 Å². The van der Waals surface area contributed by atoms with E-state index < -0.39 is 0 Å². The van der Waals surface area contributed by atoms with Gasteiger partial charge in [0.1, 0.15) is 23.3 Å². The lowest BCUT2D eigenvalue weighted by Gasteiger charge is -2.02. The molecule has 0 aliphatic carbocycles. The van der Waals surface area contributed by atoms with Crippen molar-refractivity contribution >= 4 is 11.0 Å². The van der Waals surface area contributed by atoms with Crippen molar-refractivity contribution in [1.29, 1.82) is 5.26 Å². The number of nitriles is 1. The molecule has 3 rings (SSSR count). The van der Waals surface area contributed by atoms with Gasteiger partial charge < -0.3 is 9.40 Å². The van der Waals surface area contributed by atoms with Crippen molar-refractivity contribution in [3.05, 3.63) is 47.4 Å². The van der Waals surface area contributed by atoms with Gasteiger partial charge in [-0.2, -0.15) is 5.26 Å². The van der Waals surface area contributed by atoms with Gasteiger partial charge in [0, 0.05) is 18.0 Å². The molecule has 0 bridgehead atoms. The summed E-state index contributed by atoms with van der Waals surface area (Å²) in [7, 11) is 0. The number of hydrogen-bond donors (Lipinski definition) is 1. The van der Waals surface area contributed by atoms with E-state index in [1.165, 1.54) is 0 Å². The average Bonchev–Trinajstić information content (AvgIpc) is 3.03. The third-order valence-corrected chi connectivity index (χ3v) is 2.99. The van der Waals surface area contributed by atoms with Gasteiger partial charge in [-0.05, 0) is 31.5 Å². The molecule has 3 heterocycles. The zero-order valence-corrected chi connectivity index (χ0v) is 10.5. The number of fused-ring (bicyclic) bond motifs is 1. The number of hydrogen-bond acceptors (Lipinski definition) is 4. The average molecular weight is 252 g/mol. The summed E-state index contributed by atoms with van der Waals surface area (Å²) in [5, 5.41) is 9.76. The lowest BCUT2D eigenvalue weighted by atomic mass is 10.1. The highest BCUT2D eigenvalue weighted by molar-refractivity contribution is 5.77. The van der Waals surface area contributed by atoms with Gasteiger partial charge in [-0.1, -0.05) is 0 Å². The zero-order chi connectivity index (χ0) is 13.2. The van der Waals surface area contributed by atoms with Crippen molar-refractivity contribution in [2.45, 2.75) is 19.8 Å². The summed E-state index contributed by atoms with van der Waals surface area (Å²) in [5.74, 6) is 1.90. The van der Waals surface area contributed by atoms with Crippen LogP contribution in [0.4, 0.5) is 0 Å². The predicted molar refractivity (Wildman–Crippen MR) is 69.5 cm³/mol. The van der Waals surface area contributed by atoms with E-state index in [0.717, 1.165) is 41.2 Å². The number of nitrogens with zero attached hydrogens (tertiary/aromatic N) is 3. The third kappa shape index (κ3) is 2.20. The molecule has 94 valence electrons. The van der Waals surface area contributed by atoms with Gasteiger partial charge in [-0.15, -0.1) is 0 Å². The molecule has 0 spiro atoms. The van der Waals surface area contributed by atoms with Crippen LogP contribution in [-0.2, 0) is 12.8 Å². The summed E-state index contributed by atoms with van der Waals surface area (Å²) in [6.07, 6.45) is 3.34. The topological polar surface area (TPSA) is 78.5 Å². The lowest BCUT2D eigenvalue weighted by molar-refractivity contribution is 0.496. The molecule has 3 aromatic heterocycles. The third-order valence-electron chi connectivity index (χ3n) is 2.99. The first kappa shape index (κ1) is 11.5. The Kier molecular flexibility index (Phi) is 2.76. The van der Waals surface area contributed by atoms with E-state index in [-0.39, 0.29) is 0 Å². The second kappa shape index (κ2) is 4.58. The van der Waals surface area contributed by atoms with Gasteiger partial charge >= 0.3 is 0 Å². The largest absolute Gasteiger partial charge is 0.451 e. The highest BCUT2D eigenvalue weighted by atomic mass is 16.3. The standard InChI is InChI=1S/C14H12N4O/c1-9-17-13(12-6-7-16-14(12)18-9)5-4-10-2-3-11(8-15)19-10/h2-3,6-7H,4-5H2,1H3,(H,16,17,18). The molecule has 0 saturated carbocycles. The second-order valence-electron chi connectivity index (χ2n) is 4.34. The molecule has 0 radical (unpaired) electrons. The van der Waals surface area contributed by atoms with Gasteiger partial charge in [0.25, 0.3) is 0 Å². The Labute approximate surface area is 109 Å². The van der Waals surface area contributed by atoms with Crippen LogP contribution in [-0.4, -0.2) is 15.0 Å². The number of rotatable bonds is 3. The molecule has 1 N–H and O–H groups in total. The minimum Gasteiger partial charge on any atom is -0.451 e. The molecule has 0 fully saturated rings. The Morgan fingerprint density at radius 2 is 2.16 bits per heavy atom. The first-order chi connectivity index (χ1) is 9.26. The van der Waals surface area contributed by atoms with Gasteiger partial charge in [0.2, 0.25) is 5.76 Å². The number of nitrogens with one attached hydrogen (secondary N) is 1. The van der Waals surface area contributed by atoms with Crippen molar-refractivity contribution in [1.82, 2.24) is 15.0 Å². The quantitative estimate of drug-likeness (QED) is 0.776. The van der Waals surface area contributed by atoms with Gasteiger partial charge in [0.15, 0.2) is 0 Å². The number of aromatic amines is 1. The molecular formula is C14H12N4O. The molecule has 0 atom stereocenters.